The second kappa shape index (κ2) is 9.14. The van der Waals surface area contributed by atoms with E-state index in [1.165, 1.54) is 27.6 Å². The van der Waals surface area contributed by atoms with Crippen LogP contribution in [0.4, 0.5) is 10.7 Å². The summed E-state index contributed by atoms with van der Waals surface area (Å²) in [5.74, 6) is -1.94. The summed E-state index contributed by atoms with van der Waals surface area (Å²) in [5, 5.41) is 4.08. The number of rotatable bonds is 5. The molecule has 0 spiro atoms. The molecule has 36 heavy (non-hydrogen) atoms. The average Bonchev–Trinajstić information content (AvgIpc) is 3.64. The van der Waals surface area contributed by atoms with Crippen LogP contribution in [-0.4, -0.2) is 30.5 Å². The SMILES string of the molecule is CCOC(=O)c1c(N2C(=O)[C@H]3[C@H](ON(c4ccccc4C)[C@H]3c3cccs3)C2=O)sc2c1CCCC2. The first kappa shape index (κ1) is 23.4. The Morgan fingerprint density at radius 2 is 1.92 bits per heavy atom. The molecule has 9 heteroatoms. The fourth-order valence-electron chi connectivity index (χ4n) is 5.51. The Labute approximate surface area is 217 Å². The molecule has 3 atom stereocenters. The van der Waals surface area contributed by atoms with Gasteiger partial charge in [0.05, 0.1) is 17.9 Å². The van der Waals surface area contributed by atoms with Gasteiger partial charge in [0.25, 0.3) is 5.91 Å². The van der Waals surface area contributed by atoms with Crippen molar-refractivity contribution in [1.29, 1.82) is 0 Å². The Bertz CT molecular complexity index is 1350. The molecule has 2 saturated heterocycles. The number of hydrogen-bond donors (Lipinski definition) is 0. The topological polar surface area (TPSA) is 76.2 Å². The smallest absolute Gasteiger partial charge is 0.341 e. The summed E-state index contributed by atoms with van der Waals surface area (Å²) in [6.45, 7) is 3.97. The van der Waals surface area contributed by atoms with Crippen LogP contribution < -0.4 is 9.96 Å². The third-order valence-electron chi connectivity index (χ3n) is 7.14. The van der Waals surface area contributed by atoms with Gasteiger partial charge in [-0.05, 0) is 68.2 Å². The summed E-state index contributed by atoms with van der Waals surface area (Å²) in [6.07, 6.45) is 2.62. The number of para-hydroxylation sites is 1. The van der Waals surface area contributed by atoms with Gasteiger partial charge in [0.1, 0.15) is 17.0 Å². The van der Waals surface area contributed by atoms with E-state index < -0.39 is 29.9 Å². The number of benzene rings is 1. The molecular formula is C27H26N2O5S2. The van der Waals surface area contributed by atoms with E-state index in [0.29, 0.717) is 10.6 Å². The van der Waals surface area contributed by atoms with Crippen LogP contribution in [0.5, 0.6) is 0 Å². The quantitative estimate of drug-likeness (QED) is 0.338. The van der Waals surface area contributed by atoms with Crippen molar-refractivity contribution < 1.29 is 24.0 Å². The van der Waals surface area contributed by atoms with Gasteiger partial charge < -0.3 is 4.74 Å². The molecule has 6 rings (SSSR count). The first-order valence-electron chi connectivity index (χ1n) is 12.3. The number of thiophene rings is 2. The highest BCUT2D eigenvalue weighted by atomic mass is 32.1. The third kappa shape index (κ3) is 3.52. The summed E-state index contributed by atoms with van der Waals surface area (Å²) >= 11 is 2.91. The molecular weight excluding hydrogens is 496 g/mol. The fraction of sp³-hybridized carbons (Fsp3) is 0.370. The van der Waals surface area contributed by atoms with Crippen molar-refractivity contribution in [3.8, 4) is 0 Å². The molecule has 2 amide bonds. The number of hydrogen-bond acceptors (Lipinski definition) is 8. The Kier molecular flexibility index (Phi) is 5.94. The van der Waals surface area contributed by atoms with Gasteiger partial charge in [0.2, 0.25) is 5.91 Å². The molecule has 0 unspecified atom stereocenters. The van der Waals surface area contributed by atoms with Crippen LogP contribution in [0.2, 0.25) is 0 Å². The standard InChI is InChI=1S/C27H26N2O5S2/c1-3-33-27(32)20-16-10-5-7-12-18(16)36-26(20)28-24(30)21-22(19-13-8-14-35-19)29(34-23(21)25(28)31)17-11-6-4-9-15(17)2/h4,6,8-9,11,13-14,21-23H,3,5,7,10,12H2,1-2H3/t21-,22+,23+/m1/s1. The van der Waals surface area contributed by atoms with Gasteiger partial charge in [0.15, 0.2) is 6.10 Å². The highest BCUT2D eigenvalue weighted by Crippen LogP contribution is 2.51. The predicted molar refractivity (Wildman–Crippen MR) is 138 cm³/mol. The van der Waals surface area contributed by atoms with Crippen molar-refractivity contribution in [1.82, 2.24) is 0 Å². The maximum atomic E-state index is 14.1. The number of fused-ring (bicyclic) bond motifs is 2. The van der Waals surface area contributed by atoms with Gasteiger partial charge in [-0.15, -0.1) is 22.7 Å². The van der Waals surface area contributed by atoms with Crippen molar-refractivity contribution in [2.75, 3.05) is 16.6 Å². The van der Waals surface area contributed by atoms with Crippen LogP contribution in [0.25, 0.3) is 0 Å². The van der Waals surface area contributed by atoms with Crippen molar-refractivity contribution in [3.05, 3.63) is 68.2 Å². The molecule has 1 aliphatic carbocycles. The zero-order valence-electron chi connectivity index (χ0n) is 20.1. The zero-order chi connectivity index (χ0) is 25.0. The number of ether oxygens (including phenoxy) is 1. The molecule has 2 aromatic heterocycles. The molecule has 3 aliphatic rings. The number of hydroxylamine groups is 1. The van der Waals surface area contributed by atoms with E-state index >= 15 is 0 Å². The Morgan fingerprint density at radius 3 is 2.67 bits per heavy atom. The lowest BCUT2D eigenvalue weighted by Crippen LogP contribution is -2.37. The summed E-state index contributed by atoms with van der Waals surface area (Å²) in [6, 6.07) is 11.3. The highest BCUT2D eigenvalue weighted by molar-refractivity contribution is 7.17. The number of anilines is 2. The molecule has 0 bridgehead atoms. The summed E-state index contributed by atoms with van der Waals surface area (Å²) < 4.78 is 5.37. The van der Waals surface area contributed by atoms with Crippen LogP contribution in [0.1, 0.15) is 57.0 Å². The van der Waals surface area contributed by atoms with E-state index in [0.717, 1.165) is 52.3 Å². The largest absolute Gasteiger partial charge is 0.462 e. The molecule has 4 heterocycles. The van der Waals surface area contributed by atoms with E-state index in [1.54, 1.807) is 12.0 Å². The molecule has 2 aliphatic heterocycles. The summed E-state index contributed by atoms with van der Waals surface area (Å²) in [7, 11) is 0. The second-order valence-corrected chi connectivity index (χ2v) is 11.3. The maximum Gasteiger partial charge on any atom is 0.341 e. The number of carbonyl (C=O) groups is 3. The summed E-state index contributed by atoms with van der Waals surface area (Å²) in [4.78, 5) is 50.4. The minimum atomic E-state index is -0.960. The first-order chi connectivity index (χ1) is 17.5. The second-order valence-electron chi connectivity index (χ2n) is 9.25. The lowest BCUT2D eigenvalue weighted by Gasteiger charge is -2.28. The zero-order valence-corrected chi connectivity index (χ0v) is 21.7. The lowest BCUT2D eigenvalue weighted by atomic mass is 9.94. The van der Waals surface area contributed by atoms with E-state index in [9.17, 15) is 14.4 Å². The minimum absolute atomic E-state index is 0.227. The minimum Gasteiger partial charge on any atom is -0.462 e. The lowest BCUT2D eigenvalue weighted by molar-refractivity contribution is -0.126. The monoisotopic (exact) mass is 522 g/mol. The maximum absolute atomic E-state index is 14.1. The highest BCUT2D eigenvalue weighted by Gasteiger charge is 2.61. The van der Waals surface area contributed by atoms with Gasteiger partial charge in [-0.1, -0.05) is 24.3 Å². The average molecular weight is 523 g/mol. The van der Waals surface area contributed by atoms with Gasteiger partial charge >= 0.3 is 5.97 Å². The predicted octanol–water partition coefficient (Wildman–Crippen LogP) is 5.22. The van der Waals surface area contributed by atoms with Crippen LogP contribution in [0.3, 0.4) is 0 Å². The van der Waals surface area contributed by atoms with Crippen molar-refractivity contribution >= 4 is 51.1 Å². The Balaban J connectivity index is 1.44. The van der Waals surface area contributed by atoms with E-state index in [4.69, 9.17) is 9.57 Å². The van der Waals surface area contributed by atoms with Crippen molar-refractivity contribution in [2.24, 2.45) is 5.92 Å². The van der Waals surface area contributed by atoms with Gasteiger partial charge in [-0.2, -0.15) is 0 Å². The number of amides is 2. The van der Waals surface area contributed by atoms with Crippen LogP contribution >= 0.6 is 22.7 Å². The number of nitrogens with zero attached hydrogens (tertiary/aromatic N) is 2. The van der Waals surface area contributed by atoms with E-state index in [1.807, 2.05) is 48.7 Å². The van der Waals surface area contributed by atoms with Gasteiger partial charge in [0, 0.05) is 9.75 Å². The fourth-order valence-corrected chi connectivity index (χ4v) is 7.75. The molecule has 1 aromatic carbocycles. The first-order valence-corrected chi connectivity index (χ1v) is 13.9. The molecule has 7 nitrogen and oxygen atoms in total. The normalized spacial score (nSPS) is 23.2. The van der Waals surface area contributed by atoms with E-state index in [2.05, 4.69) is 0 Å². The van der Waals surface area contributed by atoms with Crippen molar-refractivity contribution in [3.63, 3.8) is 0 Å². The summed E-state index contributed by atoms with van der Waals surface area (Å²) in [5.41, 5.74) is 3.12. The number of carbonyl (C=O) groups excluding carboxylic acids is 3. The third-order valence-corrected chi connectivity index (χ3v) is 9.36. The van der Waals surface area contributed by atoms with Gasteiger partial charge in [-0.25, -0.2) is 14.8 Å². The number of esters is 1. The molecule has 0 radical (unpaired) electrons. The molecule has 0 N–H and O–H groups in total. The molecule has 186 valence electrons. The Morgan fingerprint density at radius 1 is 1.11 bits per heavy atom. The Hall–Kier alpha value is -3.01. The van der Waals surface area contributed by atoms with Crippen LogP contribution in [0.15, 0.2) is 41.8 Å². The molecule has 2 fully saturated rings. The van der Waals surface area contributed by atoms with Crippen LogP contribution in [0, 0.1) is 12.8 Å². The van der Waals surface area contributed by atoms with Gasteiger partial charge in [-0.3, -0.25) is 14.4 Å². The molecule has 0 saturated carbocycles. The molecule has 3 aromatic rings. The van der Waals surface area contributed by atoms with Crippen molar-refractivity contribution in [2.45, 2.75) is 51.7 Å². The number of aryl methyl sites for hydroxylation is 2. The van der Waals surface area contributed by atoms with E-state index in [-0.39, 0.29) is 12.5 Å². The van der Waals surface area contributed by atoms with Crippen LogP contribution in [-0.2, 0) is 32.0 Å². The number of imide groups is 1.